The van der Waals surface area contributed by atoms with Crippen LogP contribution in [0.3, 0.4) is 0 Å². The summed E-state index contributed by atoms with van der Waals surface area (Å²) < 4.78 is 5.60. The molecule has 0 saturated carbocycles. The van der Waals surface area contributed by atoms with Gasteiger partial charge in [0.15, 0.2) is 0 Å². The van der Waals surface area contributed by atoms with E-state index in [1.54, 1.807) is 35.3 Å². The van der Waals surface area contributed by atoms with Gasteiger partial charge in [0, 0.05) is 29.6 Å². The zero-order chi connectivity index (χ0) is 23.0. The minimum absolute atomic E-state index is 0.00564. The zero-order valence-corrected chi connectivity index (χ0v) is 19.3. The number of esters is 1. The number of carbonyl (C=O) groups excluding carboxylic acids is 2. The normalized spacial score (nSPS) is 17.2. The molecule has 1 aromatic carbocycles. The van der Waals surface area contributed by atoms with E-state index >= 15 is 0 Å². The van der Waals surface area contributed by atoms with Crippen molar-refractivity contribution in [3.8, 4) is 0 Å². The SMILES string of the molecule is C=C/C=C(\C=C)COC(=O)C1=C(C)N(CCCN(C)C)C(=O)CC1c1ccc(Cl)cc1. The largest absolute Gasteiger partial charge is 0.457 e. The number of rotatable bonds is 10. The summed E-state index contributed by atoms with van der Waals surface area (Å²) in [5.74, 6) is -0.802. The molecule has 0 aliphatic carbocycles. The first-order chi connectivity index (χ1) is 14.8. The van der Waals surface area contributed by atoms with Crippen molar-refractivity contribution in [1.29, 1.82) is 0 Å². The molecule has 0 radical (unpaired) electrons. The van der Waals surface area contributed by atoms with Crippen LogP contribution in [0.1, 0.15) is 31.2 Å². The highest BCUT2D eigenvalue weighted by Crippen LogP contribution is 2.37. The van der Waals surface area contributed by atoms with E-state index in [0.29, 0.717) is 22.8 Å². The van der Waals surface area contributed by atoms with Crippen LogP contribution in [0.25, 0.3) is 0 Å². The highest BCUT2D eigenvalue weighted by molar-refractivity contribution is 6.30. The van der Waals surface area contributed by atoms with Crippen molar-refractivity contribution >= 4 is 23.5 Å². The van der Waals surface area contributed by atoms with Gasteiger partial charge in [-0.15, -0.1) is 0 Å². The Balaban J connectivity index is 2.37. The highest BCUT2D eigenvalue weighted by atomic mass is 35.5. The number of ether oxygens (including phenoxy) is 1. The van der Waals surface area contributed by atoms with E-state index in [0.717, 1.165) is 24.1 Å². The molecule has 0 saturated heterocycles. The van der Waals surface area contributed by atoms with Crippen molar-refractivity contribution in [1.82, 2.24) is 9.80 Å². The molecule has 5 nitrogen and oxygen atoms in total. The van der Waals surface area contributed by atoms with Crippen LogP contribution in [-0.4, -0.2) is 55.5 Å². The van der Waals surface area contributed by atoms with Gasteiger partial charge in [-0.25, -0.2) is 4.79 Å². The summed E-state index contributed by atoms with van der Waals surface area (Å²) in [4.78, 5) is 29.9. The van der Waals surface area contributed by atoms with Crippen LogP contribution < -0.4 is 0 Å². The smallest absolute Gasteiger partial charge is 0.336 e. The Hall–Kier alpha value is -2.63. The lowest BCUT2D eigenvalue weighted by Gasteiger charge is -2.34. The molecule has 6 heteroatoms. The summed E-state index contributed by atoms with van der Waals surface area (Å²) in [7, 11) is 3.99. The van der Waals surface area contributed by atoms with Crippen molar-refractivity contribution in [2.24, 2.45) is 0 Å². The number of hydrogen-bond donors (Lipinski definition) is 0. The number of halogens is 1. The standard InChI is InChI=1S/C25H31ClN2O3/c1-6-9-19(7-2)17-31-25(30)24-18(3)28(15-8-14-27(4)5)23(29)16-22(24)20-10-12-21(26)13-11-20/h6-7,9-13,22H,1-2,8,14-17H2,3-5H3/b19-9+. The van der Waals surface area contributed by atoms with Gasteiger partial charge in [0.2, 0.25) is 5.91 Å². The molecular formula is C25H31ClN2O3. The van der Waals surface area contributed by atoms with Gasteiger partial charge in [-0.3, -0.25) is 4.79 Å². The maximum Gasteiger partial charge on any atom is 0.336 e. The number of hydrogen-bond acceptors (Lipinski definition) is 4. The summed E-state index contributed by atoms with van der Waals surface area (Å²) in [5, 5.41) is 0.603. The Morgan fingerprint density at radius 2 is 1.97 bits per heavy atom. The summed E-state index contributed by atoms with van der Waals surface area (Å²) >= 11 is 6.04. The molecule has 2 rings (SSSR count). The molecule has 1 unspecified atom stereocenters. The second kappa shape index (κ2) is 11.7. The molecule has 1 heterocycles. The first kappa shape index (κ1) is 24.6. The second-order valence-corrected chi connectivity index (χ2v) is 8.20. The van der Waals surface area contributed by atoms with Gasteiger partial charge >= 0.3 is 5.97 Å². The third kappa shape index (κ3) is 6.68. The van der Waals surface area contributed by atoms with Crippen molar-refractivity contribution in [3.05, 3.63) is 83.1 Å². The molecule has 1 aliphatic rings. The number of nitrogens with zero attached hydrogens (tertiary/aromatic N) is 2. The predicted octanol–water partition coefficient (Wildman–Crippen LogP) is 4.72. The van der Waals surface area contributed by atoms with E-state index in [1.807, 2.05) is 33.2 Å². The molecule has 1 atom stereocenters. The van der Waals surface area contributed by atoms with Crippen molar-refractivity contribution in [2.45, 2.75) is 25.7 Å². The van der Waals surface area contributed by atoms with E-state index < -0.39 is 5.97 Å². The summed E-state index contributed by atoms with van der Waals surface area (Å²) in [5.41, 5.74) is 2.77. The van der Waals surface area contributed by atoms with Gasteiger partial charge in [-0.05, 0) is 57.3 Å². The molecule has 31 heavy (non-hydrogen) atoms. The molecule has 0 aromatic heterocycles. The maximum absolute atomic E-state index is 13.2. The average molecular weight is 443 g/mol. The van der Waals surface area contributed by atoms with Gasteiger partial charge < -0.3 is 14.5 Å². The Morgan fingerprint density at radius 3 is 2.55 bits per heavy atom. The zero-order valence-electron chi connectivity index (χ0n) is 18.6. The van der Waals surface area contributed by atoms with Gasteiger partial charge in [-0.1, -0.05) is 55.1 Å². The van der Waals surface area contributed by atoms with Crippen molar-refractivity contribution in [2.75, 3.05) is 33.8 Å². The fraction of sp³-hybridized carbons (Fsp3) is 0.360. The van der Waals surface area contributed by atoms with E-state index in [2.05, 4.69) is 18.1 Å². The molecule has 0 N–H and O–H groups in total. The number of allylic oxidation sites excluding steroid dienone is 3. The maximum atomic E-state index is 13.2. The summed E-state index contributed by atoms with van der Waals surface area (Å²) in [6.45, 7) is 10.7. The Bertz CT molecular complexity index is 885. The van der Waals surface area contributed by atoms with Gasteiger partial charge in [0.25, 0.3) is 0 Å². The third-order valence-corrected chi connectivity index (χ3v) is 5.52. The molecule has 1 amide bonds. The van der Waals surface area contributed by atoms with Crippen molar-refractivity contribution < 1.29 is 14.3 Å². The van der Waals surface area contributed by atoms with E-state index in [-0.39, 0.29) is 24.9 Å². The molecular weight excluding hydrogens is 412 g/mol. The van der Waals surface area contributed by atoms with Gasteiger partial charge in [0.1, 0.15) is 6.61 Å². The lowest BCUT2D eigenvalue weighted by atomic mass is 9.83. The van der Waals surface area contributed by atoms with E-state index in [4.69, 9.17) is 16.3 Å². The number of amides is 1. The Morgan fingerprint density at radius 1 is 1.29 bits per heavy atom. The van der Waals surface area contributed by atoms with E-state index in [9.17, 15) is 9.59 Å². The first-order valence-corrected chi connectivity index (χ1v) is 10.7. The summed E-state index contributed by atoms with van der Waals surface area (Å²) in [6.07, 6.45) is 6.02. The topological polar surface area (TPSA) is 49.9 Å². The predicted molar refractivity (Wildman–Crippen MR) is 126 cm³/mol. The molecule has 0 spiro atoms. The fourth-order valence-corrected chi connectivity index (χ4v) is 3.76. The highest BCUT2D eigenvalue weighted by Gasteiger charge is 2.36. The lowest BCUT2D eigenvalue weighted by Crippen LogP contribution is -2.39. The van der Waals surface area contributed by atoms with Crippen LogP contribution in [0, 0.1) is 0 Å². The Labute approximate surface area is 190 Å². The van der Waals surface area contributed by atoms with Gasteiger partial charge in [0.05, 0.1) is 5.57 Å². The third-order valence-electron chi connectivity index (χ3n) is 5.27. The average Bonchev–Trinajstić information content (AvgIpc) is 2.73. The van der Waals surface area contributed by atoms with Crippen LogP contribution in [0.5, 0.6) is 0 Å². The molecule has 1 aromatic rings. The molecule has 0 fully saturated rings. The minimum atomic E-state index is -0.431. The number of carbonyl (C=O) groups is 2. The van der Waals surface area contributed by atoms with Gasteiger partial charge in [-0.2, -0.15) is 0 Å². The minimum Gasteiger partial charge on any atom is -0.457 e. The molecule has 1 aliphatic heterocycles. The van der Waals surface area contributed by atoms with Crippen LogP contribution >= 0.6 is 11.6 Å². The summed E-state index contributed by atoms with van der Waals surface area (Å²) in [6, 6.07) is 7.25. The van der Waals surface area contributed by atoms with Crippen molar-refractivity contribution in [3.63, 3.8) is 0 Å². The van der Waals surface area contributed by atoms with Crippen LogP contribution in [0.4, 0.5) is 0 Å². The lowest BCUT2D eigenvalue weighted by molar-refractivity contribution is -0.139. The first-order valence-electron chi connectivity index (χ1n) is 10.3. The number of benzene rings is 1. The molecule has 0 bridgehead atoms. The monoisotopic (exact) mass is 442 g/mol. The van der Waals surface area contributed by atoms with Crippen LogP contribution in [-0.2, 0) is 14.3 Å². The Kier molecular flexibility index (Phi) is 9.28. The molecule has 166 valence electrons. The quantitative estimate of drug-likeness (QED) is 0.388. The van der Waals surface area contributed by atoms with E-state index in [1.165, 1.54) is 0 Å². The fourth-order valence-electron chi connectivity index (χ4n) is 3.63. The van der Waals surface area contributed by atoms with Crippen LogP contribution in [0.15, 0.2) is 72.5 Å². The second-order valence-electron chi connectivity index (χ2n) is 7.77. The van der Waals surface area contributed by atoms with Crippen LogP contribution in [0.2, 0.25) is 5.02 Å².